The summed E-state index contributed by atoms with van der Waals surface area (Å²) in [5.41, 5.74) is 1.87. The van der Waals surface area contributed by atoms with Crippen LogP contribution in [0.2, 0.25) is 0 Å². The number of carbonyl (C=O) groups is 1. The Labute approximate surface area is 218 Å². The van der Waals surface area contributed by atoms with E-state index in [9.17, 15) is 9.18 Å². The molecule has 4 aliphatic rings. The second-order valence-corrected chi connectivity index (χ2v) is 13.1. The molecule has 36 heavy (non-hydrogen) atoms. The van der Waals surface area contributed by atoms with Crippen LogP contribution in [0.15, 0.2) is 60.7 Å². The fourth-order valence-corrected chi connectivity index (χ4v) is 6.66. The van der Waals surface area contributed by atoms with Gasteiger partial charge in [0, 0.05) is 37.0 Å². The molecule has 0 radical (unpaired) electrons. The zero-order valence-corrected chi connectivity index (χ0v) is 23.0. The van der Waals surface area contributed by atoms with Gasteiger partial charge < -0.3 is 5.32 Å². The largest absolute Gasteiger partial charge is 0.355 e. The first kappa shape index (κ1) is 25.9. The molecule has 3 aliphatic carbocycles. The summed E-state index contributed by atoms with van der Waals surface area (Å²) in [6, 6.07) is 20.6. The molecule has 1 aliphatic heterocycles. The molecule has 3 saturated carbocycles. The lowest BCUT2D eigenvalue weighted by molar-refractivity contribution is -0.123. The molecule has 0 spiro atoms. The van der Waals surface area contributed by atoms with Crippen LogP contribution < -0.4 is 5.32 Å². The van der Waals surface area contributed by atoms with Crippen molar-refractivity contribution in [3.05, 3.63) is 71.8 Å². The minimum absolute atomic E-state index is 0.0103. The van der Waals surface area contributed by atoms with Crippen LogP contribution in [0.25, 0.3) is 0 Å². The Morgan fingerprint density at radius 3 is 2.14 bits per heavy atom. The topological polar surface area (TPSA) is 32.3 Å². The lowest BCUT2D eigenvalue weighted by Crippen LogP contribution is -2.40. The Morgan fingerprint density at radius 2 is 1.61 bits per heavy atom. The van der Waals surface area contributed by atoms with E-state index in [0.29, 0.717) is 23.9 Å². The molecule has 2 aromatic carbocycles. The highest BCUT2D eigenvalue weighted by molar-refractivity contribution is 7.18. The Hall–Kier alpha value is -1.77. The van der Waals surface area contributed by atoms with Crippen LogP contribution in [-0.4, -0.2) is 36.5 Å². The summed E-state index contributed by atoms with van der Waals surface area (Å²) in [5.74, 6) is 2.53. The SMILES string of the molecule is CC1CCC(N2CC3C(C2)C3C(=O)NCC2(c3cccc(C(C)(F)P)c3)CC2)CC1.c1ccccc1. The third-order valence-electron chi connectivity index (χ3n) is 9.19. The molecule has 1 N–H and O–H groups in total. The summed E-state index contributed by atoms with van der Waals surface area (Å²) in [6.45, 7) is 6.88. The molecule has 4 atom stereocenters. The van der Waals surface area contributed by atoms with E-state index in [1.165, 1.54) is 31.2 Å². The first-order valence-electron chi connectivity index (χ1n) is 13.9. The summed E-state index contributed by atoms with van der Waals surface area (Å²) in [4.78, 5) is 15.6. The number of nitrogens with one attached hydrogen (secondary N) is 1. The number of halogens is 1. The minimum Gasteiger partial charge on any atom is -0.355 e. The van der Waals surface area contributed by atoms with Gasteiger partial charge in [-0.05, 0) is 74.3 Å². The van der Waals surface area contributed by atoms with E-state index in [1.54, 1.807) is 6.92 Å². The summed E-state index contributed by atoms with van der Waals surface area (Å²) in [5, 5.41) is 1.86. The maximum Gasteiger partial charge on any atom is 0.223 e. The van der Waals surface area contributed by atoms with Gasteiger partial charge in [-0.15, -0.1) is 0 Å². The van der Waals surface area contributed by atoms with Gasteiger partial charge in [-0.3, -0.25) is 9.69 Å². The van der Waals surface area contributed by atoms with Gasteiger partial charge in [0.1, 0.15) is 5.41 Å². The summed E-state index contributed by atoms with van der Waals surface area (Å²) in [6.07, 6.45) is 7.55. The molecule has 0 bridgehead atoms. The van der Waals surface area contributed by atoms with E-state index in [1.807, 2.05) is 54.6 Å². The van der Waals surface area contributed by atoms with Gasteiger partial charge in [0.25, 0.3) is 0 Å². The molecule has 4 fully saturated rings. The predicted molar refractivity (Wildman–Crippen MR) is 148 cm³/mol. The quantitative estimate of drug-likeness (QED) is 0.465. The number of rotatable bonds is 6. The Morgan fingerprint density at radius 1 is 1.03 bits per heavy atom. The standard InChI is InChI=1S/C25H36FN2OP.C6H6/c1-16-6-8-19(9-7-16)28-13-20-21(14-28)22(20)23(29)27-15-25(10-11-25)18-5-3-4-17(12-18)24(2,26)30;1-2-4-6-5-3-1/h3-5,12,16,19-22H,6-11,13-15,30H2,1-2H3,(H,27,29);1-6H. The number of hydrogen-bond donors (Lipinski definition) is 1. The van der Waals surface area contributed by atoms with Gasteiger partial charge in [0.2, 0.25) is 5.91 Å². The molecular weight excluding hydrogens is 466 g/mol. The monoisotopic (exact) mass is 508 g/mol. The summed E-state index contributed by atoms with van der Waals surface area (Å²) >= 11 is 0. The highest BCUT2D eigenvalue weighted by atomic mass is 31.0. The summed E-state index contributed by atoms with van der Waals surface area (Å²) < 4.78 is 14.3. The van der Waals surface area contributed by atoms with E-state index >= 15 is 0 Å². The zero-order chi connectivity index (χ0) is 25.3. The van der Waals surface area contributed by atoms with Crippen molar-refractivity contribution in [2.45, 2.75) is 69.2 Å². The van der Waals surface area contributed by atoms with Gasteiger partial charge in [0.05, 0.1) is 0 Å². The van der Waals surface area contributed by atoms with Gasteiger partial charge >= 0.3 is 0 Å². The van der Waals surface area contributed by atoms with Gasteiger partial charge in [-0.2, -0.15) is 0 Å². The number of hydrogen-bond acceptors (Lipinski definition) is 2. The Bertz CT molecular complexity index is 988. The van der Waals surface area contributed by atoms with E-state index in [0.717, 1.165) is 37.9 Å². The van der Waals surface area contributed by atoms with Crippen molar-refractivity contribution in [2.75, 3.05) is 19.6 Å². The van der Waals surface area contributed by atoms with Crippen molar-refractivity contribution >= 4 is 15.1 Å². The molecular formula is C31H42FN2OP. The third-order valence-corrected chi connectivity index (χ3v) is 9.52. The second-order valence-electron chi connectivity index (χ2n) is 12.0. The molecule has 2 aromatic rings. The molecule has 3 nitrogen and oxygen atoms in total. The molecule has 6 rings (SSSR count). The highest BCUT2D eigenvalue weighted by Gasteiger charge is 2.60. The van der Waals surface area contributed by atoms with Crippen molar-refractivity contribution in [2.24, 2.45) is 23.7 Å². The fraction of sp³-hybridized carbons (Fsp3) is 0.581. The molecule has 1 amide bonds. The Kier molecular flexibility index (Phi) is 7.57. The van der Waals surface area contributed by atoms with Gasteiger partial charge in [-0.25, -0.2) is 4.39 Å². The predicted octanol–water partition coefficient (Wildman–Crippen LogP) is 6.29. The first-order chi connectivity index (χ1) is 17.3. The normalized spacial score (nSPS) is 31.8. The van der Waals surface area contributed by atoms with Crippen LogP contribution in [0.4, 0.5) is 4.39 Å². The third kappa shape index (κ3) is 5.86. The molecule has 194 valence electrons. The van der Waals surface area contributed by atoms with Crippen molar-refractivity contribution in [1.82, 2.24) is 10.2 Å². The van der Waals surface area contributed by atoms with E-state index < -0.39 is 5.41 Å². The average Bonchev–Trinajstić information content (AvgIpc) is 3.78. The number of piperidine rings is 1. The molecule has 5 heteroatoms. The van der Waals surface area contributed by atoms with E-state index in [2.05, 4.69) is 32.4 Å². The number of benzene rings is 2. The lowest BCUT2D eigenvalue weighted by Gasteiger charge is -2.34. The molecule has 0 aromatic heterocycles. The number of nitrogens with zero attached hydrogens (tertiary/aromatic N) is 1. The maximum absolute atomic E-state index is 14.3. The first-order valence-corrected chi connectivity index (χ1v) is 14.5. The van der Waals surface area contributed by atoms with Crippen LogP contribution in [0.1, 0.15) is 63.5 Å². The van der Waals surface area contributed by atoms with Crippen LogP contribution in [-0.2, 0) is 15.6 Å². The molecule has 1 heterocycles. The van der Waals surface area contributed by atoms with Gasteiger partial charge in [-0.1, -0.05) is 76.8 Å². The summed E-state index contributed by atoms with van der Waals surface area (Å²) in [7, 11) is 2.28. The lowest BCUT2D eigenvalue weighted by atomic mass is 9.86. The van der Waals surface area contributed by atoms with Crippen LogP contribution in [0.3, 0.4) is 0 Å². The van der Waals surface area contributed by atoms with E-state index in [4.69, 9.17) is 0 Å². The maximum atomic E-state index is 14.3. The van der Waals surface area contributed by atoms with Crippen molar-refractivity contribution < 1.29 is 9.18 Å². The molecule has 1 saturated heterocycles. The Balaban J connectivity index is 0.000000391. The van der Waals surface area contributed by atoms with Crippen LogP contribution >= 0.6 is 9.24 Å². The van der Waals surface area contributed by atoms with Crippen LogP contribution in [0.5, 0.6) is 0 Å². The number of likely N-dealkylation sites (tertiary alicyclic amines) is 1. The van der Waals surface area contributed by atoms with Gasteiger partial charge in [0.15, 0.2) is 0 Å². The van der Waals surface area contributed by atoms with Crippen molar-refractivity contribution in [1.29, 1.82) is 0 Å². The number of carbonyl (C=O) groups excluding carboxylic acids is 1. The fourth-order valence-electron chi connectivity index (χ4n) is 6.48. The second kappa shape index (κ2) is 10.5. The van der Waals surface area contributed by atoms with Crippen LogP contribution in [0, 0.1) is 23.7 Å². The average molecular weight is 509 g/mol. The zero-order valence-electron chi connectivity index (χ0n) is 21.8. The van der Waals surface area contributed by atoms with Crippen molar-refractivity contribution in [3.63, 3.8) is 0 Å². The smallest absolute Gasteiger partial charge is 0.223 e. The number of fused-ring (bicyclic) bond motifs is 1. The number of amides is 1. The molecule has 4 unspecified atom stereocenters. The minimum atomic E-state index is -1.41. The van der Waals surface area contributed by atoms with E-state index in [-0.39, 0.29) is 17.2 Å². The highest BCUT2D eigenvalue weighted by Crippen LogP contribution is 2.54. The number of alkyl halides is 1. The van der Waals surface area contributed by atoms with Crippen molar-refractivity contribution in [3.8, 4) is 0 Å².